The highest BCUT2D eigenvalue weighted by molar-refractivity contribution is 6.02. The van der Waals surface area contributed by atoms with Crippen molar-refractivity contribution in [2.75, 3.05) is 0 Å². The zero-order valence-corrected chi connectivity index (χ0v) is 14.1. The third kappa shape index (κ3) is 3.49. The molecule has 3 heterocycles. The lowest BCUT2D eigenvalue weighted by atomic mass is 9.85. The Bertz CT molecular complexity index is 943. The predicted octanol–water partition coefficient (Wildman–Crippen LogP) is 2.39. The maximum atomic E-state index is 12.8. The Hall–Kier alpha value is -2.98. The van der Waals surface area contributed by atoms with E-state index >= 15 is 0 Å². The monoisotopic (exact) mass is 379 g/mol. The molecule has 0 radical (unpaired) electrons. The molecule has 1 amide bonds. The second-order valence-electron chi connectivity index (χ2n) is 6.51. The molecule has 2 N–H and O–H groups in total. The number of hydrogen-bond acceptors (Lipinski definition) is 5. The van der Waals surface area contributed by atoms with Gasteiger partial charge in [-0.15, -0.1) is 0 Å². The summed E-state index contributed by atoms with van der Waals surface area (Å²) in [7, 11) is 0. The number of alkyl halides is 3. The molecule has 27 heavy (non-hydrogen) atoms. The van der Waals surface area contributed by atoms with Crippen LogP contribution in [0.4, 0.5) is 13.2 Å². The van der Waals surface area contributed by atoms with E-state index in [1.807, 2.05) is 0 Å². The Morgan fingerprint density at radius 3 is 2.67 bits per heavy atom. The molecule has 0 aliphatic heterocycles. The molecule has 0 spiro atoms. The van der Waals surface area contributed by atoms with Crippen molar-refractivity contribution in [1.29, 1.82) is 0 Å². The van der Waals surface area contributed by atoms with E-state index in [1.54, 1.807) is 17.0 Å². The summed E-state index contributed by atoms with van der Waals surface area (Å²) >= 11 is 0. The number of hydrogen-bond donors (Lipinski definition) is 2. The molecule has 3 aromatic heterocycles. The second-order valence-corrected chi connectivity index (χ2v) is 6.51. The van der Waals surface area contributed by atoms with Crippen LogP contribution < -0.4 is 5.32 Å². The first kappa shape index (κ1) is 17.4. The van der Waals surface area contributed by atoms with Gasteiger partial charge in [-0.25, -0.2) is 15.0 Å². The van der Waals surface area contributed by atoms with Gasteiger partial charge in [0.1, 0.15) is 11.8 Å². The van der Waals surface area contributed by atoms with Crippen molar-refractivity contribution >= 4 is 17.1 Å². The van der Waals surface area contributed by atoms with Crippen LogP contribution in [0.2, 0.25) is 0 Å². The minimum atomic E-state index is -4.18. The van der Waals surface area contributed by atoms with Crippen molar-refractivity contribution < 1.29 is 18.0 Å². The van der Waals surface area contributed by atoms with Gasteiger partial charge < -0.3 is 10.3 Å². The largest absolute Gasteiger partial charge is 0.391 e. The van der Waals surface area contributed by atoms with E-state index in [1.165, 1.54) is 12.7 Å². The van der Waals surface area contributed by atoms with Crippen LogP contribution in [-0.2, 0) is 0 Å². The summed E-state index contributed by atoms with van der Waals surface area (Å²) < 4.78 is 39.9. The Kier molecular flexibility index (Phi) is 4.28. The fraction of sp³-hybridized carbons (Fsp3) is 0.438. The maximum Gasteiger partial charge on any atom is 0.391 e. The van der Waals surface area contributed by atoms with Gasteiger partial charge in [-0.2, -0.15) is 18.2 Å². The molecule has 0 saturated heterocycles. The van der Waals surface area contributed by atoms with Crippen molar-refractivity contribution in [3.05, 3.63) is 30.7 Å². The fourth-order valence-electron chi connectivity index (χ4n) is 3.30. The first-order valence-corrected chi connectivity index (χ1v) is 8.49. The normalized spacial score (nSPS) is 20.7. The van der Waals surface area contributed by atoms with Crippen molar-refractivity contribution in [2.24, 2.45) is 5.92 Å². The van der Waals surface area contributed by atoms with Crippen LogP contribution in [0.5, 0.6) is 0 Å². The van der Waals surface area contributed by atoms with Crippen LogP contribution in [0.3, 0.4) is 0 Å². The highest BCUT2D eigenvalue weighted by Crippen LogP contribution is 2.37. The van der Waals surface area contributed by atoms with Gasteiger partial charge in [-0.1, -0.05) is 0 Å². The molecular weight excluding hydrogens is 363 g/mol. The highest BCUT2D eigenvalue weighted by atomic mass is 19.4. The quantitative estimate of drug-likeness (QED) is 0.728. The van der Waals surface area contributed by atoms with E-state index < -0.39 is 18.0 Å². The van der Waals surface area contributed by atoms with Gasteiger partial charge >= 0.3 is 6.18 Å². The summed E-state index contributed by atoms with van der Waals surface area (Å²) in [6.07, 6.45) is 2.49. The molecule has 3 aromatic rings. The summed E-state index contributed by atoms with van der Waals surface area (Å²) in [6.45, 7) is 0. The molecule has 1 aliphatic rings. The zero-order chi connectivity index (χ0) is 19.0. The fourth-order valence-corrected chi connectivity index (χ4v) is 3.30. The van der Waals surface area contributed by atoms with Gasteiger partial charge in [0, 0.05) is 18.4 Å². The minimum Gasteiger partial charge on any atom is -0.348 e. The second kappa shape index (κ2) is 6.63. The molecule has 11 heteroatoms. The number of imidazole rings is 2. The van der Waals surface area contributed by atoms with Gasteiger partial charge in [0.2, 0.25) is 5.95 Å². The summed E-state index contributed by atoms with van der Waals surface area (Å²) in [4.78, 5) is 32.1. The molecule has 4 rings (SSSR count). The number of halogens is 3. The molecule has 142 valence electrons. The molecule has 8 nitrogen and oxygen atoms in total. The minimum absolute atomic E-state index is 0.0119. The van der Waals surface area contributed by atoms with E-state index in [-0.39, 0.29) is 43.4 Å². The van der Waals surface area contributed by atoms with Gasteiger partial charge in [-0.3, -0.25) is 9.36 Å². The molecule has 0 unspecified atom stereocenters. The number of carbonyl (C=O) groups excluding carboxylic acids is 1. The summed E-state index contributed by atoms with van der Waals surface area (Å²) in [6, 6.07) is -0.319. The van der Waals surface area contributed by atoms with E-state index in [4.69, 9.17) is 0 Å². The lowest BCUT2D eigenvalue weighted by molar-refractivity contribution is -0.182. The number of rotatable bonds is 3. The summed E-state index contributed by atoms with van der Waals surface area (Å²) in [5, 5.41) is 2.79. The van der Waals surface area contributed by atoms with Crippen LogP contribution in [0, 0.1) is 5.92 Å². The molecule has 1 aliphatic carbocycles. The molecule has 0 bridgehead atoms. The van der Waals surface area contributed by atoms with Crippen LogP contribution in [0.15, 0.2) is 25.0 Å². The van der Waals surface area contributed by atoms with Crippen molar-refractivity contribution in [1.82, 2.24) is 34.8 Å². The zero-order valence-electron chi connectivity index (χ0n) is 14.1. The SMILES string of the molecule is O=C(N[C@H]1CC[C@H](C(F)(F)F)CC1)c1nc(-n2ccnc2)nc2nc[nH]c12. The molecule has 1 saturated carbocycles. The average molecular weight is 379 g/mol. The number of aromatic amines is 1. The van der Waals surface area contributed by atoms with Crippen LogP contribution >= 0.6 is 0 Å². The molecule has 0 atom stereocenters. The van der Waals surface area contributed by atoms with Gasteiger partial charge in [0.05, 0.1) is 12.2 Å². The predicted molar refractivity (Wildman–Crippen MR) is 88.1 cm³/mol. The van der Waals surface area contributed by atoms with Crippen LogP contribution in [0.1, 0.15) is 36.2 Å². The molecular formula is C16H16F3N7O. The summed E-state index contributed by atoms with van der Waals surface area (Å²) in [5.41, 5.74) is 0.791. The van der Waals surface area contributed by atoms with Crippen molar-refractivity contribution in [3.63, 3.8) is 0 Å². The first-order valence-electron chi connectivity index (χ1n) is 8.49. The van der Waals surface area contributed by atoms with Crippen molar-refractivity contribution in [2.45, 2.75) is 37.9 Å². The topological polar surface area (TPSA) is 101 Å². The number of H-pyrrole nitrogens is 1. The first-order chi connectivity index (χ1) is 12.9. The average Bonchev–Trinajstić information content (AvgIpc) is 3.32. The number of nitrogens with one attached hydrogen (secondary N) is 2. The maximum absolute atomic E-state index is 12.8. The molecule has 1 fully saturated rings. The Balaban J connectivity index is 1.54. The Morgan fingerprint density at radius 1 is 1.22 bits per heavy atom. The van der Waals surface area contributed by atoms with E-state index in [2.05, 4.69) is 30.2 Å². The Labute approximate surface area is 151 Å². The number of aromatic nitrogens is 6. The highest BCUT2D eigenvalue weighted by Gasteiger charge is 2.41. The lowest BCUT2D eigenvalue weighted by Gasteiger charge is -2.30. The molecule has 0 aromatic carbocycles. The lowest BCUT2D eigenvalue weighted by Crippen LogP contribution is -2.40. The van der Waals surface area contributed by atoms with Gasteiger partial charge in [-0.05, 0) is 25.7 Å². The van der Waals surface area contributed by atoms with E-state index in [0.717, 1.165) is 0 Å². The van der Waals surface area contributed by atoms with Gasteiger partial charge in [0.25, 0.3) is 5.91 Å². The van der Waals surface area contributed by atoms with Crippen molar-refractivity contribution in [3.8, 4) is 5.95 Å². The number of amides is 1. The summed E-state index contributed by atoms with van der Waals surface area (Å²) in [5.74, 6) is -1.53. The smallest absolute Gasteiger partial charge is 0.348 e. The number of nitrogens with zero attached hydrogens (tertiary/aromatic N) is 5. The Morgan fingerprint density at radius 2 is 2.00 bits per heavy atom. The van der Waals surface area contributed by atoms with Crippen LogP contribution in [0.25, 0.3) is 17.1 Å². The standard InChI is InChI=1S/C16H16F3N7O/c17-16(18,19)9-1-3-10(4-2-9)23-14(27)12-11-13(22-7-21-11)25-15(24-12)26-6-5-20-8-26/h5-10H,1-4H2,(H,23,27)(H,21,22,24,25)/t9-,10-. The van der Waals surface area contributed by atoms with E-state index in [9.17, 15) is 18.0 Å². The third-order valence-electron chi connectivity index (χ3n) is 4.75. The van der Waals surface area contributed by atoms with Crippen LogP contribution in [-0.4, -0.2) is 47.6 Å². The number of carbonyl (C=O) groups is 1. The third-order valence-corrected chi connectivity index (χ3v) is 4.75. The van der Waals surface area contributed by atoms with Gasteiger partial charge in [0.15, 0.2) is 11.3 Å². The number of fused-ring (bicyclic) bond motifs is 1. The van der Waals surface area contributed by atoms with E-state index in [0.29, 0.717) is 11.2 Å².